The van der Waals surface area contributed by atoms with Gasteiger partial charge in [-0.15, -0.1) is 0 Å². The number of hydrogen-bond donors (Lipinski definition) is 2. The smallest absolute Gasteiger partial charge is 0.326 e. The average molecular weight is 335 g/mol. The summed E-state index contributed by atoms with van der Waals surface area (Å²) in [6, 6.07) is -1.03. The number of aromatic nitrogens is 2. The SMILES string of the molecule is CC(C)[C@H](CC(=O)c1cnccn1)C(=O)N[C@H](C(=O)O)C(C)(C)C. The Labute approximate surface area is 141 Å². The summed E-state index contributed by atoms with van der Waals surface area (Å²) < 4.78 is 0. The summed E-state index contributed by atoms with van der Waals surface area (Å²) in [7, 11) is 0. The van der Waals surface area contributed by atoms with E-state index in [0.717, 1.165) is 0 Å². The topological polar surface area (TPSA) is 109 Å². The van der Waals surface area contributed by atoms with Crippen LogP contribution in [0, 0.1) is 17.3 Å². The Morgan fingerprint density at radius 2 is 1.83 bits per heavy atom. The first-order valence-corrected chi connectivity index (χ1v) is 7.86. The molecule has 0 saturated carbocycles. The highest BCUT2D eigenvalue weighted by Gasteiger charge is 2.35. The quantitative estimate of drug-likeness (QED) is 0.737. The fourth-order valence-electron chi connectivity index (χ4n) is 2.28. The van der Waals surface area contributed by atoms with Crippen LogP contribution in [0.25, 0.3) is 0 Å². The normalized spacial score (nSPS) is 14.1. The zero-order valence-electron chi connectivity index (χ0n) is 14.7. The molecule has 0 fully saturated rings. The molecule has 24 heavy (non-hydrogen) atoms. The molecule has 0 spiro atoms. The van der Waals surface area contributed by atoms with E-state index >= 15 is 0 Å². The number of rotatable bonds is 7. The van der Waals surface area contributed by atoms with Gasteiger partial charge in [0.2, 0.25) is 5.91 Å². The summed E-state index contributed by atoms with van der Waals surface area (Å²) in [4.78, 5) is 44.0. The molecule has 1 heterocycles. The van der Waals surface area contributed by atoms with E-state index in [0.29, 0.717) is 0 Å². The lowest BCUT2D eigenvalue weighted by Gasteiger charge is -2.30. The van der Waals surface area contributed by atoms with Crippen molar-refractivity contribution in [2.75, 3.05) is 0 Å². The van der Waals surface area contributed by atoms with E-state index < -0.39 is 29.3 Å². The van der Waals surface area contributed by atoms with E-state index in [1.165, 1.54) is 18.6 Å². The van der Waals surface area contributed by atoms with Gasteiger partial charge in [0.25, 0.3) is 0 Å². The van der Waals surface area contributed by atoms with Crippen molar-refractivity contribution in [1.29, 1.82) is 0 Å². The van der Waals surface area contributed by atoms with Crippen molar-refractivity contribution < 1.29 is 19.5 Å². The Morgan fingerprint density at radius 3 is 2.25 bits per heavy atom. The molecule has 0 aliphatic carbocycles. The Hall–Kier alpha value is -2.31. The molecular formula is C17H25N3O4. The van der Waals surface area contributed by atoms with E-state index in [9.17, 15) is 19.5 Å². The molecule has 0 unspecified atom stereocenters. The molecule has 2 N–H and O–H groups in total. The maximum Gasteiger partial charge on any atom is 0.326 e. The number of carboxylic acid groups (broad SMARTS) is 1. The first-order valence-electron chi connectivity index (χ1n) is 7.86. The van der Waals surface area contributed by atoms with Crippen LogP contribution in [0.4, 0.5) is 0 Å². The summed E-state index contributed by atoms with van der Waals surface area (Å²) in [6.07, 6.45) is 4.19. The van der Waals surface area contributed by atoms with Crippen molar-refractivity contribution in [2.45, 2.75) is 47.1 Å². The minimum absolute atomic E-state index is 0.0430. The van der Waals surface area contributed by atoms with Gasteiger partial charge in [-0.2, -0.15) is 0 Å². The number of nitrogens with zero attached hydrogens (tertiary/aromatic N) is 2. The van der Waals surface area contributed by atoms with Crippen molar-refractivity contribution in [3.8, 4) is 0 Å². The zero-order chi connectivity index (χ0) is 18.5. The summed E-state index contributed by atoms with van der Waals surface area (Å²) in [5.41, 5.74) is -0.445. The highest BCUT2D eigenvalue weighted by atomic mass is 16.4. The molecule has 0 saturated heterocycles. The van der Waals surface area contributed by atoms with Crippen LogP contribution < -0.4 is 5.32 Å². The van der Waals surface area contributed by atoms with E-state index in [-0.39, 0.29) is 23.8 Å². The van der Waals surface area contributed by atoms with Crippen molar-refractivity contribution in [1.82, 2.24) is 15.3 Å². The number of carbonyl (C=O) groups is 3. The van der Waals surface area contributed by atoms with Gasteiger partial charge in [0.05, 0.1) is 6.20 Å². The average Bonchev–Trinajstić information content (AvgIpc) is 2.48. The Kier molecular flexibility index (Phi) is 6.57. The molecule has 7 nitrogen and oxygen atoms in total. The maximum absolute atomic E-state index is 12.6. The molecular weight excluding hydrogens is 310 g/mol. The number of carboxylic acids is 1. The Bertz CT molecular complexity index is 594. The lowest BCUT2D eigenvalue weighted by atomic mass is 9.84. The van der Waals surface area contributed by atoms with Gasteiger partial charge in [-0.05, 0) is 11.3 Å². The molecule has 0 radical (unpaired) electrons. The Balaban J connectivity index is 2.90. The molecule has 132 valence electrons. The molecule has 0 aliphatic heterocycles. The highest BCUT2D eigenvalue weighted by Crippen LogP contribution is 2.23. The van der Waals surface area contributed by atoms with Gasteiger partial charge in [0.15, 0.2) is 5.78 Å². The van der Waals surface area contributed by atoms with Gasteiger partial charge >= 0.3 is 5.97 Å². The molecule has 0 aliphatic rings. The van der Waals surface area contributed by atoms with Crippen molar-refractivity contribution in [3.63, 3.8) is 0 Å². The number of carbonyl (C=O) groups excluding carboxylic acids is 2. The van der Waals surface area contributed by atoms with E-state index in [4.69, 9.17) is 0 Å². The molecule has 1 rings (SSSR count). The molecule has 7 heteroatoms. The first kappa shape index (κ1) is 19.7. The van der Waals surface area contributed by atoms with Crippen LogP contribution in [0.15, 0.2) is 18.6 Å². The Morgan fingerprint density at radius 1 is 1.21 bits per heavy atom. The second-order valence-electron chi connectivity index (χ2n) is 7.21. The second kappa shape index (κ2) is 7.99. The summed E-state index contributed by atoms with van der Waals surface area (Å²) >= 11 is 0. The van der Waals surface area contributed by atoms with Crippen molar-refractivity contribution in [3.05, 3.63) is 24.3 Å². The second-order valence-corrected chi connectivity index (χ2v) is 7.21. The number of aliphatic carboxylic acids is 1. The van der Waals surface area contributed by atoms with Crippen LogP contribution in [0.5, 0.6) is 0 Å². The molecule has 0 bridgehead atoms. The molecule has 0 aromatic carbocycles. The van der Waals surface area contributed by atoms with Crippen LogP contribution in [-0.4, -0.2) is 38.8 Å². The van der Waals surface area contributed by atoms with Gasteiger partial charge in [0, 0.05) is 24.7 Å². The molecule has 1 aromatic heterocycles. The van der Waals surface area contributed by atoms with Crippen LogP contribution in [-0.2, 0) is 9.59 Å². The molecule has 1 amide bonds. The number of Topliss-reactive ketones (excluding diaryl/α,β-unsaturated/α-hetero) is 1. The summed E-state index contributed by atoms with van der Waals surface area (Å²) in [5, 5.41) is 11.9. The van der Waals surface area contributed by atoms with Gasteiger partial charge in [-0.3, -0.25) is 14.6 Å². The third-order valence-corrected chi connectivity index (χ3v) is 3.80. The predicted octanol–water partition coefficient (Wildman–Crippen LogP) is 1.94. The van der Waals surface area contributed by atoms with Gasteiger partial charge in [-0.25, -0.2) is 9.78 Å². The van der Waals surface area contributed by atoms with Crippen LogP contribution in [0.2, 0.25) is 0 Å². The standard InChI is InChI=1S/C17H25N3O4/c1-10(2)11(8-13(21)12-9-18-6-7-19-12)15(22)20-14(16(23)24)17(3,4)5/h6-7,9-11,14H,8H2,1-5H3,(H,20,22)(H,23,24)/t11-,14+/m0/s1. The minimum atomic E-state index is -1.10. The van der Waals surface area contributed by atoms with E-state index in [2.05, 4.69) is 15.3 Å². The third-order valence-electron chi connectivity index (χ3n) is 3.80. The van der Waals surface area contributed by atoms with Crippen LogP contribution in [0.1, 0.15) is 51.5 Å². The minimum Gasteiger partial charge on any atom is -0.480 e. The summed E-state index contributed by atoms with van der Waals surface area (Å²) in [5.74, 6) is -2.59. The van der Waals surface area contributed by atoms with Crippen LogP contribution >= 0.6 is 0 Å². The van der Waals surface area contributed by atoms with Crippen molar-refractivity contribution in [2.24, 2.45) is 17.3 Å². The van der Waals surface area contributed by atoms with E-state index in [1.54, 1.807) is 20.8 Å². The lowest BCUT2D eigenvalue weighted by molar-refractivity contribution is -0.145. The monoisotopic (exact) mass is 335 g/mol. The number of ketones is 1. The number of nitrogens with one attached hydrogen (secondary N) is 1. The third kappa shape index (κ3) is 5.40. The molecule has 2 atom stereocenters. The number of amides is 1. The predicted molar refractivity (Wildman–Crippen MR) is 88.3 cm³/mol. The summed E-state index contributed by atoms with van der Waals surface area (Å²) in [6.45, 7) is 8.85. The zero-order valence-corrected chi connectivity index (χ0v) is 14.7. The fraction of sp³-hybridized carbons (Fsp3) is 0.588. The number of hydrogen-bond acceptors (Lipinski definition) is 5. The highest BCUT2D eigenvalue weighted by molar-refractivity contribution is 5.97. The van der Waals surface area contributed by atoms with Gasteiger partial charge in [-0.1, -0.05) is 34.6 Å². The molecule has 1 aromatic rings. The first-order chi connectivity index (χ1) is 11.0. The maximum atomic E-state index is 12.6. The van der Waals surface area contributed by atoms with Crippen LogP contribution in [0.3, 0.4) is 0 Å². The van der Waals surface area contributed by atoms with Crippen molar-refractivity contribution >= 4 is 17.7 Å². The fourth-order valence-corrected chi connectivity index (χ4v) is 2.28. The lowest BCUT2D eigenvalue weighted by Crippen LogP contribution is -2.51. The van der Waals surface area contributed by atoms with Gasteiger partial charge < -0.3 is 10.4 Å². The van der Waals surface area contributed by atoms with Gasteiger partial charge in [0.1, 0.15) is 11.7 Å². The van der Waals surface area contributed by atoms with E-state index in [1.807, 2.05) is 13.8 Å². The largest absolute Gasteiger partial charge is 0.480 e.